The summed E-state index contributed by atoms with van der Waals surface area (Å²) in [5.41, 5.74) is 6.63. The van der Waals surface area contributed by atoms with Gasteiger partial charge in [0.15, 0.2) is 0 Å². The second-order valence-corrected chi connectivity index (χ2v) is 7.32. The van der Waals surface area contributed by atoms with E-state index in [0.717, 1.165) is 23.2 Å². The Balaban J connectivity index is 1.52. The van der Waals surface area contributed by atoms with Crippen molar-refractivity contribution in [2.75, 3.05) is 31.1 Å². The maximum Gasteiger partial charge on any atom is 0.250 e. The van der Waals surface area contributed by atoms with E-state index in [-0.39, 0.29) is 11.5 Å². The smallest absolute Gasteiger partial charge is 0.250 e. The fourth-order valence-electron chi connectivity index (χ4n) is 3.10. The molecule has 2 amide bonds. The van der Waals surface area contributed by atoms with E-state index in [1.165, 1.54) is 6.07 Å². The summed E-state index contributed by atoms with van der Waals surface area (Å²) >= 11 is 3.33. The number of hydrogen-bond acceptors (Lipinski definition) is 4. The molecule has 1 aromatic carbocycles. The van der Waals surface area contributed by atoms with Crippen molar-refractivity contribution in [2.45, 2.75) is 13.0 Å². The second kappa shape index (κ2) is 8.39. The molecular weight excluding hydrogens is 412 g/mol. The van der Waals surface area contributed by atoms with Crippen LogP contribution in [0.1, 0.15) is 16.8 Å². The van der Waals surface area contributed by atoms with Crippen molar-refractivity contribution in [2.24, 2.45) is 5.73 Å². The highest BCUT2D eigenvalue weighted by Gasteiger charge is 2.21. The number of pyridine rings is 1. The molecule has 8 heteroatoms. The molecule has 1 saturated heterocycles. The van der Waals surface area contributed by atoms with E-state index in [9.17, 15) is 14.4 Å². The summed E-state index contributed by atoms with van der Waals surface area (Å²) < 4.78 is 2.35. The topological polar surface area (TPSA) is 88.6 Å². The molecule has 0 unspecified atom stereocenters. The van der Waals surface area contributed by atoms with Gasteiger partial charge in [0.2, 0.25) is 11.8 Å². The van der Waals surface area contributed by atoms with E-state index in [1.54, 1.807) is 29.0 Å². The Morgan fingerprint density at radius 1 is 1.00 bits per heavy atom. The van der Waals surface area contributed by atoms with Crippen molar-refractivity contribution < 1.29 is 9.59 Å². The van der Waals surface area contributed by atoms with Crippen LogP contribution in [0.15, 0.2) is 51.9 Å². The first kappa shape index (κ1) is 19.2. The lowest BCUT2D eigenvalue weighted by Gasteiger charge is -2.36. The molecule has 7 nitrogen and oxygen atoms in total. The third-order valence-electron chi connectivity index (χ3n) is 4.66. The van der Waals surface area contributed by atoms with Gasteiger partial charge in [0.05, 0.1) is 0 Å². The average Bonchev–Trinajstić information content (AvgIpc) is 2.68. The van der Waals surface area contributed by atoms with Gasteiger partial charge < -0.3 is 20.1 Å². The van der Waals surface area contributed by atoms with Gasteiger partial charge in [-0.1, -0.05) is 0 Å². The van der Waals surface area contributed by atoms with E-state index in [1.807, 2.05) is 17.0 Å². The molecule has 1 aromatic heterocycles. The first-order valence-corrected chi connectivity index (χ1v) is 9.52. The number of piperazine rings is 1. The number of hydrogen-bond donors (Lipinski definition) is 1. The quantitative estimate of drug-likeness (QED) is 0.773. The SMILES string of the molecule is NC(=O)c1ccc(N2CCN(C(=O)CCn3cc(Br)ccc3=O)CC2)cc1. The largest absolute Gasteiger partial charge is 0.368 e. The van der Waals surface area contributed by atoms with E-state index in [4.69, 9.17) is 5.73 Å². The predicted molar refractivity (Wildman–Crippen MR) is 107 cm³/mol. The van der Waals surface area contributed by atoms with Gasteiger partial charge in [-0.25, -0.2) is 0 Å². The number of carbonyl (C=O) groups excluding carboxylic acids is 2. The van der Waals surface area contributed by atoms with Crippen molar-refractivity contribution in [3.05, 3.63) is 63.0 Å². The summed E-state index contributed by atoms with van der Waals surface area (Å²) in [5, 5.41) is 0. The Kier molecular flexibility index (Phi) is 5.95. The van der Waals surface area contributed by atoms with Crippen LogP contribution in [0.4, 0.5) is 5.69 Å². The Labute approximate surface area is 165 Å². The first-order chi connectivity index (χ1) is 12.9. The van der Waals surface area contributed by atoms with Crippen LogP contribution in [0.25, 0.3) is 0 Å². The number of anilines is 1. The number of carbonyl (C=O) groups is 2. The monoisotopic (exact) mass is 432 g/mol. The molecule has 0 spiro atoms. The lowest BCUT2D eigenvalue weighted by atomic mass is 10.1. The van der Waals surface area contributed by atoms with Crippen LogP contribution >= 0.6 is 15.9 Å². The zero-order chi connectivity index (χ0) is 19.4. The van der Waals surface area contributed by atoms with Crippen molar-refractivity contribution in [1.29, 1.82) is 0 Å². The minimum Gasteiger partial charge on any atom is -0.368 e. The molecule has 2 aromatic rings. The van der Waals surface area contributed by atoms with Crippen LogP contribution < -0.4 is 16.2 Å². The number of halogens is 1. The summed E-state index contributed by atoms with van der Waals surface area (Å²) in [7, 11) is 0. The third kappa shape index (κ3) is 4.77. The minimum absolute atomic E-state index is 0.0469. The van der Waals surface area contributed by atoms with Crippen LogP contribution in [0, 0.1) is 0 Å². The van der Waals surface area contributed by atoms with E-state index in [2.05, 4.69) is 20.8 Å². The normalized spacial score (nSPS) is 14.3. The molecule has 0 radical (unpaired) electrons. The zero-order valence-corrected chi connectivity index (χ0v) is 16.4. The van der Waals surface area contributed by atoms with Crippen molar-refractivity contribution in [3.8, 4) is 0 Å². The maximum atomic E-state index is 12.5. The molecular formula is C19H21BrN4O3. The molecule has 1 fully saturated rings. The van der Waals surface area contributed by atoms with Crippen LogP contribution in [0.3, 0.4) is 0 Å². The molecule has 27 heavy (non-hydrogen) atoms. The highest BCUT2D eigenvalue weighted by Crippen LogP contribution is 2.17. The van der Waals surface area contributed by atoms with Gasteiger partial charge in [0, 0.05) is 67.1 Å². The van der Waals surface area contributed by atoms with Crippen LogP contribution in [-0.4, -0.2) is 47.5 Å². The summed E-state index contributed by atoms with van der Waals surface area (Å²) in [6.07, 6.45) is 1.99. The summed E-state index contributed by atoms with van der Waals surface area (Å²) in [5.74, 6) is -0.396. The van der Waals surface area contributed by atoms with Gasteiger partial charge in [-0.3, -0.25) is 14.4 Å². The van der Waals surface area contributed by atoms with Gasteiger partial charge in [0.1, 0.15) is 0 Å². The number of primary amides is 1. The van der Waals surface area contributed by atoms with Crippen LogP contribution in [0.2, 0.25) is 0 Å². The number of amides is 2. The van der Waals surface area contributed by atoms with E-state index in [0.29, 0.717) is 31.6 Å². The highest BCUT2D eigenvalue weighted by atomic mass is 79.9. The molecule has 1 aliphatic rings. The Hall–Kier alpha value is -2.61. The third-order valence-corrected chi connectivity index (χ3v) is 5.13. The van der Waals surface area contributed by atoms with Gasteiger partial charge >= 0.3 is 0 Å². The number of rotatable bonds is 5. The number of aromatic nitrogens is 1. The van der Waals surface area contributed by atoms with Crippen LogP contribution in [-0.2, 0) is 11.3 Å². The Morgan fingerprint density at radius 2 is 1.67 bits per heavy atom. The van der Waals surface area contributed by atoms with Crippen molar-refractivity contribution in [3.63, 3.8) is 0 Å². The lowest BCUT2D eigenvalue weighted by Crippen LogP contribution is -2.49. The summed E-state index contributed by atoms with van der Waals surface area (Å²) in [6.45, 7) is 3.07. The number of benzene rings is 1. The first-order valence-electron chi connectivity index (χ1n) is 8.72. The molecule has 2 heterocycles. The maximum absolute atomic E-state index is 12.5. The molecule has 1 aliphatic heterocycles. The van der Waals surface area contributed by atoms with E-state index < -0.39 is 5.91 Å². The van der Waals surface area contributed by atoms with Crippen molar-refractivity contribution in [1.82, 2.24) is 9.47 Å². The fraction of sp³-hybridized carbons (Fsp3) is 0.316. The zero-order valence-electron chi connectivity index (χ0n) is 14.8. The van der Waals surface area contributed by atoms with Gasteiger partial charge in [-0.2, -0.15) is 0 Å². The lowest BCUT2D eigenvalue weighted by molar-refractivity contribution is -0.131. The standard InChI is InChI=1S/C19H21BrN4O3/c20-15-3-6-17(25)24(13-15)8-7-18(26)23-11-9-22(10-12-23)16-4-1-14(2-5-16)19(21)27/h1-6,13H,7-12H2,(H2,21,27). The van der Waals surface area contributed by atoms with Gasteiger partial charge in [0.25, 0.3) is 5.56 Å². The highest BCUT2D eigenvalue weighted by molar-refractivity contribution is 9.10. The van der Waals surface area contributed by atoms with E-state index >= 15 is 0 Å². The Morgan fingerprint density at radius 3 is 2.30 bits per heavy atom. The molecule has 0 aliphatic carbocycles. The molecule has 0 bridgehead atoms. The molecule has 3 rings (SSSR count). The fourth-order valence-corrected chi connectivity index (χ4v) is 3.48. The Bertz CT molecular complexity index is 887. The molecule has 0 atom stereocenters. The average molecular weight is 433 g/mol. The molecule has 0 saturated carbocycles. The number of aryl methyl sites for hydroxylation is 1. The number of nitrogens with two attached hydrogens (primary N) is 1. The second-order valence-electron chi connectivity index (χ2n) is 6.41. The van der Waals surface area contributed by atoms with Gasteiger partial charge in [-0.15, -0.1) is 0 Å². The number of nitrogens with zero attached hydrogens (tertiary/aromatic N) is 3. The summed E-state index contributed by atoms with van der Waals surface area (Å²) in [6, 6.07) is 10.3. The minimum atomic E-state index is -0.443. The van der Waals surface area contributed by atoms with Crippen molar-refractivity contribution >= 4 is 33.4 Å². The summed E-state index contributed by atoms with van der Waals surface area (Å²) in [4.78, 5) is 39.4. The molecule has 142 valence electrons. The predicted octanol–water partition coefficient (Wildman–Crippen LogP) is 1.45. The van der Waals surface area contributed by atoms with Crippen LogP contribution in [0.5, 0.6) is 0 Å². The molecule has 2 N–H and O–H groups in total. The van der Waals surface area contributed by atoms with Gasteiger partial charge in [-0.05, 0) is 46.3 Å².